The van der Waals surface area contributed by atoms with E-state index in [9.17, 15) is 13.2 Å². The molecule has 1 aromatic carbocycles. The molecule has 174 valence electrons. The van der Waals surface area contributed by atoms with Gasteiger partial charge >= 0.3 is 0 Å². The summed E-state index contributed by atoms with van der Waals surface area (Å²) >= 11 is 0. The highest BCUT2D eigenvalue weighted by molar-refractivity contribution is 7.88. The zero-order valence-electron chi connectivity index (χ0n) is 17.8. The maximum absolute atomic E-state index is 11.9. The topological polar surface area (TPSA) is 187 Å². The molecule has 3 aromatic rings. The first-order valence-corrected chi connectivity index (χ1v) is 11.8. The molecular formula is C19H22N8O5S. The molecule has 0 aliphatic heterocycles. The highest BCUT2D eigenvalue weighted by Crippen LogP contribution is 2.37. The number of ether oxygens (including phenoxy) is 1. The van der Waals surface area contributed by atoms with Crippen LogP contribution >= 0.6 is 0 Å². The second-order valence-corrected chi connectivity index (χ2v) is 9.22. The Labute approximate surface area is 189 Å². The van der Waals surface area contributed by atoms with Crippen molar-refractivity contribution in [2.45, 2.75) is 25.4 Å². The number of benzene rings is 1. The van der Waals surface area contributed by atoms with Crippen molar-refractivity contribution in [3.8, 4) is 17.1 Å². The summed E-state index contributed by atoms with van der Waals surface area (Å²) in [5, 5.41) is 18.2. The number of carbonyl (C=O) groups is 1. The number of anilines is 3. The molecule has 4 rings (SSSR count). The number of hydrogen-bond acceptors (Lipinski definition) is 11. The Balaban J connectivity index is 1.64. The minimum atomic E-state index is -3.42. The van der Waals surface area contributed by atoms with Crippen LogP contribution in [0.2, 0.25) is 0 Å². The summed E-state index contributed by atoms with van der Waals surface area (Å²) in [6.07, 6.45) is 3.12. The summed E-state index contributed by atoms with van der Waals surface area (Å²) in [7, 11) is -1.95. The quantitative estimate of drug-likeness (QED) is 0.328. The molecule has 1 aliphatic rings. The van der Waals surface area contributed by atoms with E-state index < -0.39 is 15.9 Å². The zero-order valence-corrected chi connectivity index (χ0v) is 18.6. The number of nitrogens with one attached hydrogen (secondary N) is 3. The van der Waals surface area contributed by atoms with Crippen molar-refractivity contribution >= 4 is 33.1 Å². The largest absolute Gasteiger partial charge is 0.494 e. The van der Waals surface area contributed by atoms with Crippen LogP contribution in [0.3, 0.4) is 0 Å². The van der Waals surface area contributed by atoms with Crippen LogP contribution in [-0.2, 0) is 16.6 Å². The average Bonchev–Trinajstić information content (AvgIpc) is 3.44. The number of nitrogens with two attached hydrogens (primary N) is 1. The molecule has 33 heavy (non-hydrogen) atoms. The molecule has 2 heterocycles. The summed E-state index contributed by atoms with van der Waals surface area (Å²) in [5.41, 5.74) is 6.76. The maximum atomic E-state index is 11.9. The van der Waals surface area contributed by atoms with Gasteiger partial charge in [0.05, 0.1) is 36.8 Å². The Morgan fingerprint density at radius 2 is 2.06 bits per heavy atom. The van der Waals surface area contributed by atoms with Crippen LogP contribution in [-0.4, -0.2) is 54.1 Å². The Bertz CT molecular complexity index is 1290. The van der Waals surface area contributed by atoms with Crippen molar-refractivity contribution in [3.63, 3.8) is 0 Å². The highest BCUT2D eigenvalue weighted by atomic mass is 32.2. The summed E-state index contributed by atoms with van der Waals surface area (Å²) in [4.78, 5) is 16.1. The molecule has 0 atom stereocenters. The number of aromatic nitrogens is 4. The third-order valence-electron chi connectivity index (χ3n) is 4.64. The van der Waals surface area contributed by atoms with Crippen molar-refractivity contribution in [1.29, 1.82) is 0 Å². The molecule has 0 spiro atoms. The molecule has 1 aliphatic carbocycles. The standard InChI is InChI=1S/C19H22N8O5S/c1-31-17-11(19-24-15(32-27-19)9-21-33(2,29)30)4-3-5-12(17)23-13-8-14(22-10-6-7-10)25-26-16(13)18(20)28/h3-5,8,10,21H,6-7,9H2,1-2H3,(H2,20,28)(H2,22,23,25). The highest BCUT2D eigenvalue weighted by Gasteiger charge is 2.23. The van der Waals surface area contributed by atoms with E-state index in [0.29, 0.717) is 34.5 Å². The normalized spacial score (nSPS) is 13.5. The van der Waals surface area contributed by atoms with Crippen LogP contribution in [0.1, 0.15) is 29.2 Å². The molecule has 2 aromatic heterocycles. The monoisotopic (exact) mass is 474 g/mol. The minimum Gasteiger partial charge on any atom is -0.494 e. The predicted octanol–water partition coefficient (Wildman–Crippen LogP) is 1.00. The lowest BCUT2D eigenvalue weighted by atomic mass is 10.1. The number of para-hydroxylation sites is 1. The van der Waals surface area contributed by atoms with Gasteiger partial charge < -0.3 is 25.6 Å². The van der Waals surface area contributed by atoms with Gasteiger partial charge in [0.25, 0.3) is 5.91 Å². The van der Waals surface area contributed by atoms with Crippen LogP contribution in [0.15, 0.2) is 28.8 Å². The SMILES string of the molecule is COc1c(Nc2cc(NC3CC3)nnc2C(N)=O)cccc1-c1noc(CNS(C)(=O)=O)n1. The average molecular weight is 475 g/mol. The van der Waals surface area contributed by atoms with E-state index in [1.165, 1.54) is 7.11 Å². The van der Waals surface area contributed by atoms with Crippen molar-refractivity contribution in [1.82, 2.24) is 25.1 Å². The molecule has 13 nitrogen and oxygen atoms in total. The molecule has 0 unspecified atom stereocenters. The first kappa shape index (κ1) is 22.4. The van der Waals surface area contributed by atoms with Crippen molar-refractivity contribution in [2.75, 3.05) is 24.0 Å². The lowest BCUT2D eigenvalue weighted by Crippen LogP contribution is -2.21. The number of hydrogen-bond donors (Lipinski definition) is 4. The number of amides is 1. The number of sulfonamides is 1. The molecule has 5 N–H and O–H groups in total. The fourth-order valence-corrected chi connectivity index (χ4v) is 3.37. The first-order valence-electron chi connectivity index (χ1n) is 9.89. The van der Waals surface area contributed by atoms with Gasteiger partial charge in [-0.1, -0.05) is 11.2 Å². The third kappa shape index (κ3) is 5.53. The van der Waals surface area contributed by atoms with E-state index in [0.717, 1.165) is 19.1 Å². The van der Waals surface area contributed by atoms with E-state index in [1.807, 2.05) is 0 Å². The van der Waals surface area contributed by atoms with Crippen LogP contribution < -0.4 is 25.8 Å². The number of nitrogens with zero attached hydrogens (tertiary/aromatic N) is 4. The van der Waals surface area contributed by atoms with Crippen molar-refractivity contribution in [2.24, 2.45) is 5.73 Å². The summed E-state index contributed by atoms with van der Waals surface area (Å²) in [5.74, 6) is 0.422. The summed E-state index contributed by atoms with van der Waals surface area (Å²) in [6.45, 7) is -0.145. The lowest BCUT2D eigenvalue weighted by Gasteiger charge is -2.15. The fourth-order valence-electron chi connectivity index (χ4n) is 2.98. The smallest absolute Gasteiger partial charge is 0.271 e. The van der Waals surface area contributed by atoms with Gasteiger partial charge in [0.1, 0.15) is 0 Å². The third-order valence-corrected chi connectivity index (χ3v) is 5.31. The van der Waals surface area contributed by atoms with Crippen LogP contribution in [0.25, 0.3) is 11.4 Å². The second-order valence-electron chi connectivity index (χ2n) is 7.39. The van der Waals surface area contributed by atoms with Gasteiger partial charge in [-0.05, 0) is 25.0 Å². The van der Waals surface area contributed by atoms with Gasteiger partial charge in [0.15, 0.2) is 17.3 Å². The Morgan fingerprint density at radius 3 is 2.73 bits per heavy atom. The number of primary amides is 1. The van der Waals surface area contributed by atoms with Gasteiger partial charge in [0.2, 0.25) is 21.7 Å². The first-order chi connectivity index (χ1) is 15.7. The van der Waals surface area contributed by atoms with Crippen molar-refractivity contribution < 1.29 is 22.5 Å². The molecule has 1 saturated carbocycles. The fraction of sp³-hybridized carbons (Fsp3) is 0.316. The molecule has 1 amide bonds. The molecule has 0 radical (unpaired) electrons. The van der Waals surface area contributed by atoms with Gasteiger partial charge in [-0.15, -0.1) is 10.2 Å². The minimum absolute atomic E-state index is 0.0301. The molecule has 0 bridgehead atoms. The molecular weight excluding hydrogens is 452 g/mol. The van der Waals surface area contributed by atoms with Gasteiger partial charge in [-0.25, -0.2) is 13.1 Å². The number of methoxy groups -OCH3 is 1. The van der Waals surface area contributed by atoms with E-state index in [1.54, 1.807) is 24.3 Å². The summed E-state index contributed by atoms with van der Waals surface area (Å²) in [6, 6.07) is 7.17. The molecule has 14 heteroatoms. The number of rotatable bonds is 10. The maximum Gasteiger partial charge on any atom is 0.271 e. The lowest BCUT2D eigenvalue weighted by molar-refractivity contribution is 0.0995. The Hall–Kier alpha value is -3.78. The Morgan fingerprint density at radius 1 is 1.27 bits per heavy atom. The zero-order chi connectivity index (χ0) is 23.6. The molecule has 1 fully saturated rings. The van der Waals surface area contributed by atoms with Crippen LogP contribution in [0.4, 0.5) is 17.2 Å². The van der Waals surface area contributed by atoms with E-state index >= 15 is 0 Å². The van der Waals surface area contributed by atoms with Gasteiger partial charge in [-0.3, -0.25) is 4.79 Å². The van der Waals surface area contributed by atoms with E-state index in [2.05, 4.69) is 35.7 Å². The van der Waals surface area contributed by atoms with E-state index in [4.69, 9.17) is 15.0 Å². The van der Waals surface area contributed by atoms with E-state index in [-0.39, 0.29) is 24.0 Å². The van der Waals surface area contributed by atoms with Crippen molar-refractivity contribution in [3.05, 3.63) is 35.9 Å². The van der Waals surface area contributed by atoms with Gasteiger partial charge in [-0.2, -0.15) is 4.98 Å². The Kier molecular flexibility index (Phi) is 6.11. The number of carbonyl (C=O) groups excluding carboxylic acids is 1. The predicted molar refractivity (Wildman–Crippen MR) is 118 cm³/mol. The summed E-state index contributed by atoms with van der Waals surface area (Å²) < 4.78 is 35.6. The van der Waals surface area contributed by atoms with Gasteiger partial charge in [0, 0.05) is 12.1 Å². The second kappa shape index (κ2) is 8.99. The van der Waals surface area contributed by atoms with Crippen LogP contribution in [0.5, 0.6) is 5.75 Å². The van der Waals surface area contributed by atoms with Crippen LogP contribution in [0, 0.1) is 0 Å². The molecule has 0 saturated heterocycles.